The van der Waals surface area contributed by atoms with Gasteiger partial charge in [-0.15, -0.1) is 0 Å². The van der Waals surface area contributed by atoms with Gasteiger partial charge in [-0.3, -0.25) is 4.79 Å². The summed E-state index contributed by atoms with van der Waals surface area (Å²) < 4.78 is 59.6. The van der Waals surface area contributed by atoms with Crippen LogP contribution in [0.3, 0.4) is 0 Å². The summed E-state index contributed by atoms with van der Waals surface area (Å²) >= 11 is 0. The number of hydrogen-bond donors (Lipinski definition) is 2. The van der Waals surface area contributed by atoms with Crippen LogP contribution in [0.5, 0.6) is 0 Å². The third kappa shape index (κ3) is 6.20. The maximum absolute atomic E-state index is 12.5. The Morgan fingerprint density at radius 2 is 1.68 bits per heavy atom. The van der Waals surface area contributed by atoms with Crippen molar-refractivity contribution in [2.45, 2.75) is 18.3 Å². The minimum atomic E-state index is -4.43. The molecule has 0 radical (unpaired) electrons. The quantitative estimate of drug-likeness (QED) is 0.846. The zero-order chi connectivity index (χ0) is 18.7. The molecule has 0 aromatic heterocycles. The molecule has 2 aromatic rings. The zero-order valence-electron chi connectivity index (χ0n) is 12.9. The Morgan fingerprint density at radius 3 is 2.24 bits per heavy atom. The van der Waals surface area contributed by atoms with E-state index in [1.807, 2.05) is 0 Å². The second kappa shape index (κ2) is 7.24. The van der Waals surface area contributed by atoms with E-state index in [9.17, 15) is 26.4 Å². The first-order valence-corrected chi connectivity index (χ1v) is 8.80. The van der Waals surface area contributed by atoms with Crippen molar-refractivity contribution in [2.24, 2.45) is 5.14 Å². The van der Waals surface area contributed by atoms with Gasteiger partial charge in [0, 0.05) is 5.69 Å². The number of nitrogens with two attached hydrogens (primary N) is 1. The van der Waals surface area contributed by atoms with Crippen LogP contribution in [0.15, 0.2) is 48.5 Å². The van der Waals surface area contributed by atoms with E-state index in [1.165, 1.54) is 18.2 Å². The van der Waals surface area contributed by atoms with Crippen LogP contribution in [-0.2, 0) is 33.2 Å². The average Bonchev–Trinajstić information content (AvgIpc) is 2.45. The van der Waals surface area contributed by atoms with Gasteiger partial charge in [-0.05, 0) is 35.4 Å². The first-order chi connectivity index (χ1) is 11.5. The minimum absolute atomic E-state index is 0.114. The monoisotopic (exact) mass is 372 g/mol. The number of nitrogens with one attached hydrogen (secondary N) is 1. The number of anilines is 1. The molecule has 0 spiro atoms. The predicted molar refractivity (Wildman–Crippen MR) is 87.0 cm³/mol. The lowest BCUT2D eigenvalue weighted by atomic mass is 10.1. The summed E-state index contributed by atoms with van der Waals surface area (Å²) in [5, 5.41) is 7.53. The number of halogens is 3. The van der Waals surface area contributed by atoms with Crippen LogP contribution in [0.4, 0.5) is 18.9 Å². The molecular weight excluding hydrogens is 357 g/mol. The van der Waals surface area contributed by atoms with Gasteiger partial charge in [0.15, 0.2) is 0 Å². The standard InChI is InChI=1S/C16H15F3N2O3S/c17-16(18,19)13-6-4-11(5-7-13)9-15(22)21-14-3-1-2-12(8-14)10-25(20,23)24/h1-8H,9-10H2,(H,21,22)(H2,20,23,24). The minimum Gasteiger partial charge on any atom is -0.326 e. The average molecular weight is 372 g/mol. The molecule has 0 saturated carbocycles. The van der Waals surface area contributed by atoms with Crippen molar-refractivity contribution < 1.29 is 26.4 Å². The second-order valence-corrected chi connectivity index (χ2v) is 7.04. The van der Waals surface area contributed by atoms with Gasteiger partial charge in [0.25, 0.3) is 0 Å². The number of amides is 1. The maximum Gasteiger partial charge on any atom is 0.416 e. The van der Waals surface area contributed by atoms with Crippen molar-refractivity contribution in [1.82, 2.24) is 0 Å². The highest BCUT2D eigenvalue weighted by Crippen LogP contribution is 2.29. The van der Waals surface area contributed by atoms with Gasteiger partial charge in [0.05, 0.1) is 17.7 Å². The van der Waals surface area contributed by atoms with Crippen LogP contribution in [0.1, 0.15) is 16.7 Å². The van der Waals surface area contributed by atoms with Crippen molar-refractivity contribution in [3.05, 3.63) is 65.2 Å². The summed E-state index contributed by atoms with van der Waals surface area (Å²) in [5.41, 5.74) is 0.423. The highest BCUT2D eigenvalue weighted by molar-refractivity contribution is 7.88. The van der Waals surface area contributed by atoms with Crippen LogP contribution >= 0.6 is 0 Å². The van der Waals surface area contributed by atoms with Gasteiger partial charge in [-0.2, -0.15) is 13.2 Å². The Balaban J connectivity index is 2.02. The maximum atomic E-state index is 12.5. The fourth-order valence-electron chi connectivity index (χ4n) is 2.17. The molecule has 2 aromatic carbocycles. The highest BCUT2D eigenvalue weighted by Gasteiger charge is 2.29. The number of hydrogen-bond acceptors (Lipinski definition) is 3. The number of carbonyl (C=O) groups is 1. The molecule has 3 N–H and O–H groups in total. The Labute approximate surface area is 142 Å². The number of alkyl halides is 3. The molecule has 5 nitrogen and oxygen atoms in total. The van der Waals surface area contributed by atoms with Crippen molar-refractivity contribution in [2.75, 3.05) is 5.32 Å². The number of sulfonamides is 1. The fourth-order valence-corrected chi connectivity index (χ4v) is 2.82. The van der Waals surface area contributed by atoms with E-state index in [-0.39, 0.29) is 12.2 Å². The van der Waals surface area contributed by atoms with Gasteiger partial charge in [-0.25, -0.2) is 13.6 Å². The van der Waals surface area contributed by atoms with Crippen molar-refractivity contribution in [3.63, 3.8) is 0 Å². The molecule has 2 rings (SSSR count). The molecule has 0 fully saturated rings. The molecule has 25 heavy (non-hydrogen) atoms. The molecule has 0 atom stereocenters. The number of carbonyl (C=O) groups excluding carboxylic acids is 1. The summed E-state index contributed by atoms with van der Waals surface area (Å²) in [5.74, 6) is -0.803. The normalized spacial score (nSPS) is 12.0. The molecule has 0 heterocycles. The molecule has 0 aliphatic carbocycles. The van der Waals surface area contributed by atoms with Crippen LogP contribution in [0.2, 0.25) is 0 Å². The smallest absolute Gasteiger partial charge is 0.326 e. The number of primary sulfonamides is 1. The van der Waals surface area contributed by atoms with Crippen molar-refractivity contribution in [1.29, 1.82) is 0 Å². The third-order valence-electron chi connectivity index (χ3n) is 3.22. The summed E-state index contributed by atoms with van der Waals surface area (Å²) in [6, 6.07) is 10.4. The molecule has 0 aliphatic heterocycles. The third-order valence-corrected chi connectivity index (χ3v) is 3.96. The molecule has 9 heteroatoms. The van der Waals surface area contributed by atoms with Crippen LogP contribution < -0.4 is 10.5 Å². The fraction of sp³-hybridized carbons (Fsp3) is 0.188. The van der Waals surface area contributed by atoms with Crippen LogP contribution in [-0.4, -0.2) is 14.3 Å². The first-order valence-electron chi connectivity index (χ1n) is 7.08. The van der Waals surface area contributed by atoms with Gasteiger partial charge in [-0.1, -0.05) is 24.3 Å². The summed E-state index contributed by atoms with van der Waals surface area (Å²) in [4.78, 5) is 12.0. The Morgan fingerprint density at radius 1 is 1.04 bits per heavy atom. The Hall–Kier alpha value is -2.39. The molecule has 0 bridgehead atoms. The van der Waals surface area contributed by atoms with Crippen molar-refractivity contribution in [3.8, 4) is 0 Å². The van der Waals surface area contributed by atoms with Crippen molar-refractivity contribution >= 4 is 21.6 Å². The lowest BCUT2D eigenvalue weighted by Crippen LogP contribution is -2.16. The van der Waals surface area contributed by atoms with E-state index < -0.39 is 27.7 Å². The predicted octanol–water partition coefficient (Wildman–Crippen LogP) is 2.68. The SMILES string of the molecule is NS(=O)(=O)Cc1cccc(NC(=O)Cc2ccc(C(F)(F)F)cc2)c1. The summed E-state index contributed by atoms with van der Waals surface area (Å²) in [6.45, 7) is 0. The van der Waals surface area contributed by atoms with Gasteiger partial charge < -0.3 is 5.32 Å². The van der Waals surface area contributed by atoms with E-state index in [0.29, 0.717) is 16.8 Å². The van der Waals surface area contributed by atoms with E-state index in [2.05, 4.69) is 5.32 Å². The Kier molecular flexibility index (Phi) is 5.48. The zero-order valence-corrected chi connectivity index (χ0v) is 13.7. The lowest BCUT2D eigenvalue weighted by molar-refractivity contribution is -0.137. The lowest BCUT2D eigenvalue weighted by Gasteiger charge is -2.09. The van der Waals surface area contributed by atoms with Crippen LogP contribution in [0.25, 0.3) is 0 Å². The van der Waals surface area contributed by atoms with E-state index in [4.69, 9.17) is 5.14 Å². The van der Waals surface area contributed by atoms with Gasteiger partial charge >= 0.3 is 6.18 Å². The van der Waals surface area contributed by atoms with E-state index in [0.717, 1.165) is 12.1 Å². The second-order valence-electron chi connectivity index (χ2n) is 5.43. The molecular formula is C16H15F3N2O3S. The first kappa shape index (κ1) is 18.9. The summed E-state index contributed by atoms with van der Waals surface area (Å²) in [6.07, 6.45) is -4.54. The van der Waals surface area contributed by atoms with Gasteiger partial charge in [0.1, 0.15) is 0 Å². The molecule has 0 aliphatic rings. The molecule has 0 unspecified atom stereocenters. The van der Waals surface area contributed by atoms with Gasteiger partial charge in [0.2, 0.25) is 15.9 Å². The number of benzene rings is 2. The molecule has 134 valence electrons. The Bertz CT molecular complexity index is 863. The van der Waals surface area contributed by atoms with E-state index in [1.54, 1.807) is 18.2 Å². The topological polar surface area (TPSA) is 89.3 Å². The van der Waals surface area contributed by atoms with E-state index >= 15 is 0 Å². The number of rotatable bonds is 5. The summed E-state index contributed by atoms with van der Waals surface area (Å²) in [7, 11) is -3.69. The molecule has 0 saturated heterocycles. The highest BCUT2D eigenvalue weighted by atomic mass is 32.2. The van der Waals surface area contributed by atoms with Crippen LogP contribution in [0, 0.1) is 0 Å². The largest absolute Gasteiger partial charge is 0.416 e. The molecule has 1 amide bonds.